The third-order valence-corrected chi connectivity index (χ3v) is 2.89. The van der Waals surface area contributed by atoms with Crippen LogP contribution in [0.1, 0.15) is 29.1 Å². The highest BCUT2D eigenvalue weighted by atomic mass is 79.9. The minimum absolute atomic E-state index is 0.215. The molecule has 0 radical (unpaired) electrons. The number of aryl methyl sites for hydroxylation is 1. The molecule has 2 aromatic rings. The lowest BCUT2D eigenvalue weighted by Gasteiger charge is -1.99. The van der Waals surface area contributed by atoms with E-state index in [4.69, 9.17) is 9.52 Å². The van der Waals surface area contributed by atoms with Crippen LogP contribution >= 0.6 is 15.9 Å². The van der Waals surface area contributed by atoms with Crippen LogP contribution in [0.25, 0.3) is 0 Å². The SMILES string of the molecule is CCc1nnc(Cn2cc(C(=O)O)cc2Br)o1. The van der Waals surface area contributed by atoms with Crippen molar-refractivity contribution in [1.82, 2.24) is 14.8 Å². The average Bonchev–Trinajstić information content (AvgIpc) is 2.87. The second-order valence-corrected chi connectivity index (χ2v) is 4.24. The first-order chi connectivity index (χ1) is 8.10. The van der Waals surface area contributed by atoms with Gasteiger partial charge in [-0.25, -0.2) is 4.79 Å². The molecule has 17 heavy (non-hydrogen) atoms. The van der Waals surface area contributed by atoms with E-state index in [9.17, 15) is 4.79 Å². The fourth-order valence-corrected chi connectivity index (χ4v) is 1.83. The summed E-state index contributed by atoms with van der Waals surface area (Å²) in [6.07, 6.45) is 2.20. The van der Waals surface area contributed by atoms with E-state index in [0.717, 1.165) is 0 Å². The molecule has 0 unspecified atom stereocenters. The third-order valence-electron chi connectivity index (χ3n) is 2.21. The van der Waals surface area contributed by atoms with Gasteiger partial charge in [0.05, 0.1) is 10.2 Å². The Bertz CT molecular complexity index is 547. The highest BCUT2D eigenvalue weighted by Gasteiger charge is 2.12. The molecule has 0 aliphatic carbocycles. The number of carboxylic acid groups (broad SMARTS) is 1. The van der Waals surface area contributed by atoms with Crippen LogP contribution in [-0.4, -0.2) is 25.8 Å². The molecule has 1 N–H and O–H groups in total. The molecule has 0 saturated carbocycles. The number of aromatic carboxylic acids is 1. The Labute approximate surface area is 105 Å². The molecule has 0 fully saturated rings. The predicted molar refractivity (Wildman–Crippen MR) is 61.9 cm³/mol. The van der Waals surface area contributed by atoms with Crippen molar-refractivity contribution in [2.75, 3.05) is 0 Å². The number of rotatable bonds is 4. The van der Waals surface area contributed by atoms with Gasteiger partial charge in [0, 0.05) is 12.6 Å². The number of hydrogen-bond donors (Lipinski definition) is 1. The van der Waals surface area contributed by atoms with E-state index in [1.165, 1.54) is 12.3 Å². The molecule has 0 spiro atoms. The van der Waals surface area contributed by atoms with Crippen LogP contribution in [0.3, 0.4) is 0 Å². The minimum atomic E-state index is -0.968. The molecule has 2 heterocycles. The van der Waals surface area contributed by atoms with Crippen LogP contribution in [-0.2, 0) is 13.0 Å². The molecule has 0 amide bonds. The van der Waals surface area contributed by atoms with Gasteiger partial charge in [-0.15, -0.1) is 10.2 Å². The van der Waals surface area contributed by atoms with Crippen LogP contribution in [0.5, 0.6) is 0 Å². The number of carboxylic acids is 1. The number of aromatic nitrogens is 3. The van der Waals surface area contributed by atoms with Gasteiger partial charge < -0.3 is 14.1 Å². The average molecular weight is 300 g/mol. The topological polar surface area (TPSA) is 81.2 Å². The highest BCUT2D eigenvalue weighted by molar-refractivity contribution is 9.10. The summed E-state index contributed by atoms with van der Waals surface area (Å²) in [5.74, 6) is 0.0565. The minimum Gasteiger partial charge on any atom is -0.478 e. The molecule has 6 nitrogen and oxygen atoms in total. The van der Waals surface area contributed by atoms with Crippen LogP contribution in [0.2, 0.25) is 0 Å². The molecule has 90 valence electrons. The zero-order chi connectivity index (χ0) is 12.4. The van der Waals surface area contributed by atoms with Crippen molar-refractivity contribution >= 4 is 21.9 Å². The van der Waals surface area contributed by atoms with E-state index >= 15 is 0 Å². The van der Waals surface area contributed by atoms with Crippen molar-refractivity contribution in [2.45, 2.75) is 19.9 Å². The normalized spacial score (nSPS) is 10.7. The molecule has 2 rings (SSSR count). The van der Waals surface area contributed by atoms with Crippen LogP contribution in [0.15, 0.2) is 21.3 Å². The molecule has 0 atom stereocenters. The van der Waals surface area contributed by atoms with Crippen LogP contribution in [0, 0.1) is 0 Å². The highest BCUT2D eigenvalue weighted by Crippen LogP contribution is 2.17. The van der Waals surface area contributed by atoms with E-state index in [-0.39, 0.29) is 5.56 Å². The molecule has 0 aromatic carbocycles. The Morgan fingerprint density at radius 1 is 1.53 bits per heavy atom. The molecule has 0 bridgehead atoms. The van der Waals surface area contributed by atoms with Gasteiger partial charge in [0.1, 0.15) is 6.54 Å². The van der Waals surface area contributed by atoms with E-state index in [1.807, 2.05) is 6.92 Å². The summed E-state index contributed by atoms with van der Waals surface area (Å²) < 4.78 is 7.70. The van der Waals surface area contributed by atoms with Gasteiger partial charge in [0.15, 0.2) is 0 Å². The summed E-state index contributed by atoms with van der Waals surface area (Å²) in [5, 5.41) is 16.6. The zero-order valence-corrected chi connectivity index (χ0v) is 10.6. The first kappa shape index (κ1) is 11.8. The van der Waals surface area contributed by atoms with Gasteiger partial charge >= 0.3 is 5.97 Å². The summed E-state index contributed by atoms with van der Waals surface area (Å²) in [7, 11) is 0. The predicted octanol–water partition coefficient (Wildman–Crippen LogP) is 1.94. The van der Waals surface area contributed by atoms with Gasteiger partial charge in [-0.2, -0.15) is 0 Å². The summed E-state index contributed by atoms with van der Waals surface area (Å²) >= 11 is 3.28. The van der Waals surface area contributed by atoms with Crippen LogP contribution in [0.4, 0.5) is 0 Å². The molecule has 0 aliphatic rings. The van der Waals surface area contributed by atoms with Gasteiger partial charge in [-0.1, -0.05) is 6.92 Å². The first-order valence-corrected chi connectivity index (χ1v) is 5.79. The van der Waals surface area contributed by atoms with Gasteiger partial charge in [-0.3, -0.25) is 0 Å². The lowest BCUT2D eigenvalue weighted by molar-refractivity contribution is 0.0697. The van der Waals surface area contributed by atoms with Crippen molar-refractivity contribution in [3.63, 3.8) is 0 Å². The molecule has 0 saturated heterocycles. The van der Waals surface area contributed by atoms with Crippen molar-refractivity contribution in [2.24, 2.45) is 0 Å². The van der Waals surface area contributed by atoms with Crippen molar-refractivity contribution < 1.29 is 14.3 Å². The monoisotopic (exact) mass is 299 g/mol. The number of hydrogen-bond acceptors (Lipinski definition) is 4. The van der Waals surface area contributed by atoms with E-state index in [1.54, 1.807) is 4.57 Å². The van der Waals surface area contributed by atoms with Crippen molar-refractivity contribution in [3.05, 3.63) is 34.2 Å². The Morgan fingerprint density at radius 2 is 2.24 bits per heavy atom. The smallest absolute Gasteiger partial charge is 0.337 e. The fourth-order valence-electron chi connectivity index (χ4n) is 1.36. The van der Waals surface area contributed by atoms with E-state index in [0.29, 0.717) is 29.4 Å². The zero-order valence-electron chi connectivity index (χ0n) is 9.05. The Kier molecular flexibility index (Phi) is 3.28. The maximum Gasteiger partial charge on any atom is 0.337 e. The Hall–Kier alpha value is -1.63. The molecule has 2 aromatic heterocycles. The Morgan fingerprint density at radius 3 is 2.76 bits per heavy atom. The van der Waals surface area contributed by atoms with Gasteiger partial charge in [0.25, 0.3) is 0 Å². The summed E-state index contributed by atoms with van der Waals surface area (Å²) in [6.45, 7) is 2.27. The quantitative estimate of drug-likeness (QED) is 0.933. The van der Waals surface area contributed by atoms with Gasteiger partial charge in [-0.05, 0) is 22.0 Å². The standard InChI is InChI=1S/C10H10BrN3O3/c1-2-8-12-13-9(17-8)5-14-4-6(10(15)16)3-7(14)11/h3-4H,2,5H2,1H3,(H,15,16). The second kappa shape index (κ2) is 4.70. The maximum absolute atomic E-state index is 10.8. The third kappa shape index (κ3) is 2.55. The lowest BCUT2D eigenvalue weighted by Crippen LogP contribution is -1.99. The summed E-state index contributed by atoms with van der Waals surface area (Å²) in [6, 6.07) is 1.53. The van der Waals surface area contributed by atoms with Gasteiger partial charge in [0.2, 0.25) is 11.8 Å². The lowest BCUT2D eigenvalue weighted by atomic mass is 10.4. The molecular formula is C10H10BrN3O3. The number of carbonyl (C=O) groups is 1. The number of halogens is 1. The van der Waals surface area contributed by atoms with E-state index in [2.05, 4.69) is 26.1 Å². The molecule has 0 aliphatic heterocycles. The summed E-state index contributed by atoms with van der Waals surface area (Å²) in [4.78, 5) is 10.8. The van der Waals surface area contributed by atoms with Crippen molar-refractivity contribution in [3.8, 4) is 0 Å². The van der Waals surface area contributed by atoms with E-state index < -0.39 is 5.97 Å². The first-order valence-electron chi connectivity index (χ1n) is 5.00. The molecular weight excluding hydrogens is 290 g/mol. The largest absolute Gasteiger partial charge is 0.478 e. The second-order valence-electron chi connectivity index (χ2n) is 3.43. The molecule has 7 heteroatoms. The number of nitrogens with zero attached hydrogens (tertiary/aromatic N) is 3. The van der Waals surface area contributed by atoms with Crippen LogP contribution < -0.4 is 0 Å². The summed E-state index contributed by atoms with van der Waals surface area (Å²) in [5.41, 5.74) is 0.215. The fraction of sp³-hybridized carbons (Fsp3) is 0.300. The van der Waals surface area contributed by atoms with Crippen molar-refractivity contribution in [1.29, 1.82) is 0 Å². The Balaban J connectivity index is 2.20. The maximum atomic E-state index is 10.8.